The van der Waals surface area contributed by atoms with E-state index in [4.69, 9.17) is 0 Å². The second kappa shape index (κ2) is 5.37. The van der Waals surface area contributed by atoms with E-state index in [2.05, 4.69) is 27.7 Å². The van der Waals surface area contributed by atoms with Crippen molar-refractivity contribution in [1.29, 1.82) is 0 Å². The molecule has 1 atom stereocenters. The van der Waals surface area contributed by atoms with Crippen LogP contribution in [-0.4, -0.2) is 0 Å². The molecule has 0 aliphatic heterocycles. The van der Waals surface area contributed by atoms with Gasteiger partial charge in [-0.3, -0.25) is 0 Å². The van der Waals surface area contributed by atoms with Crippen molar-refractivity contribution >= 4 is 0 Å². The van der Waals surface area contributed by atoms with Crippen molar-refractivity contribution in [2.45, 2.75) is 85.5 Å². The summed E-state index contributed by atoms with van der Waals surface area (Å²) in [6.45, 7) is 9.76. The third-order valence-electron chi connectivity index (χ3n) is 4.42. The largest absolute Gasteiger partial charge is 0.0654 e. The topological polar surface area (TPSA) is 0 Å². The minimum Gasteiger partial charge on any atom is -0.0654 e. The summed E-state index contributed by atoms with van der Waals surface area (Å²) >= 11 is 0. The predicted octanol–water partition coefficient (Wildman–Crippen LogP) is 5.56. The monoisotopic (exact) mass is 210 g/mol. The fourth-order valence-corrected chi connectivity index (χ4v) is 2.90. The lowest BCUT2D eigenvalue weighted by molar-refractivity contribution is 0.153. The van der Waals surface area contributed by atoms with E-state index >= 15 is 0 Å². The molecule has 0 heterocycles. The SMILES string of the molecule is CCCCC1(C)CCCCC(C)(C)CC1. The lowest BCUT2D eigenvalue weighted by Crippen LogP contribution is -2.23. The van der Waals surface area contributed by atoms with Crippen molar-refractivity contribution in [2.24, 2.45) is 10.8 Å². The van der Waals surface area contributed by atoms with Gasteiger partial charge >= 0.3 is 0 Å². The fraction of sp³-hybridized carbons (Fsp3) is 1.00. The molecule has 0 aromatic carbocycles. The van der Waals surface area contributed by atoms with Gasteiger partial charge in [-0.15, -0.1) is 0 Å². The molecule has 1 unspecified atom stereocenters. The maximum Gasteiger partial charge on any atom is -0.0326 e. The minimum absolute atomic E-state index is 0.605. The average Bonchev–Trinajstić information content (AvgIpc) is 2.18. The van der Waals surface area contributed by atoms with E-state index in [1.54, 1.807) is 0 Å². The van der Waals surface area contributed by atoms with Crippen LogP contribution in [0.3, 0.4) is 0 Å². The molecule has 0 bridgehead atoms. The highest BCUT2D eigenvalue weighted by atomic mass is 14.3. The maximum absolute atomic E-state index is 2.53. The van der Waals surface area contributed by atoms with Crippen molar-refractivity contribution < 1.29 is 0 Å². The summed E-state index contributed by atoms with van der Waals surface area (Å²) in [6, 6.07) is 0. The summed E-state index contributed by atoms with van der Waals surface area (Å²) in [5, 5.41) is 0. The molecule has 1 fully saturated rings. The number of unbranched alkanes of at least 4 members (excludes halogenated alkanes) is 1. The Bertz CT molecular complexity index is 176. The van der Waals surface area contributed by atoms with Gasteiger partial charge in [0.15, 0.2) is 0 Å². The zero-order valence-electron chi connectivity index (χ0n) is 11.4. The van der Waals surface area contributed by atoms with E-state index in [1.807, 2.05) is 0 Å². The first kappa shape index (κ1) is 13.1. The molecule has 0 nitrogen and oxygen atoms in total. The molecule has 0 heteroatoms. The Balaban J connectivity index is 2.50. The van der Waals surface area contributed by atoms with Crippen LogP contribution >= 0.6 is 0 Å². The van der Waals surface area contributed by atoms with Crippen LogP contribution in [0.2, 0.25) is 0 Å². The molecule has 0 aromatic heterocycles. The zero-order valence-corrected chi connectivity index (χ0v) is 11.4. The van der Waals surface area contributed by atoms with Gasteiger partial charge in [-0.1, -0.05) is 53.4 Å². The van der Waals surface area contributed by atoms with Crippen molar-refractivity contribution in [3.05, 3.63) is 0 Å². The summed E-state index contributed by atoms with van der Waals surface area (Å²) < 4.78 is 0. The molecule has 0 N–H and O–H groups in total. The predicted molar refractivity (Wildman–Crippen MR) is 69.1 cm³/mol. The molecule has 15 heavy (non-hydrogen) atoms. The molecule has 1 rings (SSSR count). The van der Waals surface area contributed by atoms with Gasteiger partial charge in [0.2, 0.25) is 0 Å². The minimum atomic E-state index is 0.605. The number of hydrogen-bond acceptors (Lipinski definition) is 0. The third-order valence-corrected chi connectivity index (χ3v) is 4.42. The van der Waals surface area contributed by atoms with E-state index in [0.717, 1.165) is 0 Å². The molecule has 0 amide bonds. The van der Waals surface area contributed by atoms with Gasteiger partial charge in [0, 0.05) is 0 Å². The van der Waals surface area contributed by atoms with Crippen LogP contribution in [0.15, 0.2) is 0 Å². The van der Waals surface area contributed by atoms with Gasteiger partial charge in [0.1, 0.15) is 0 Å². The van der Waals surface area contributed by atoms with Crippen LogP contribution in [-0.2, 0) is 0 Å². The smallest absolute Gasteiger partial charge is 0.0326 e. The Labute approximate surface area is 96.8 Å². The molecule has 0 radical (unpaired) electrons. The average molecular weight is 210 g/mol. The van der Waals surface area contributed by atoms with Crippen LogP contribution in [0.4, 0.5) is 0 Å². The van der Waals surface area contributed by atoms with Crippen LogP contribution in [0, 0.1) is 10.8 Å². The van der Waals surface area contributed by atoms with Gasteiger partial charge in [-0.2, -0.15) is 0 Å². The van der Waals surface area contributed by atoms with E-state index in [0.29, 0.717) is 10.8 Å². The lowest BCUT2D eigenvalue weighted by Gasteiger charge is -2.37. The van der Waals surface area contributed by atoms with E-state index in [1.165, 1.54) is 57.8 Å². The first-order valence-electron chi connectivity index (χ1n) is 6.97. The molecule has 0 saturated heterocycles. The highest BCUT2D eigenvalue weighted by molar-refractivity contribution is 4.81. The Morgan fingerprint density at radius 3 is 2.20 bits per heavy atom. The van der Waals surface area contributed by atoms with Crippen LogP contribution in [0.25, 0.3) is 0 Å². The highest BCUT2D eigenvalue weighted by Crippen LogP contribution is 2.43. The Morgan fingerprint density at radius 1 is 0.867 bits per heavy atom. The molecular formula is C15H30. The van der Waals surface area contributed by atoms with Crippen molar-refractivity contribution in [2.75, 3.05) is 0 Å². The molecule has 1 aliphatic rings. The zero-order chi connectivity index (χ0) is 11.4. The van der Waals surface area contributed by atoms with Gasteiger partial charge in [0.25, 0.3) is 0 Å². The maximum atomic E-state index is 2.53. The Morgan fingerprint density at radius 2 is 1.53 bits per heavy atom. The van der Waals surface area contributed by atoms with Gasteiger partial charge in [-0.25, -0.2) is 0 Å². The Kier molecular flexibility index (Phi) is 4.67. The standard InChI is InChI=1S/C15H30/c1-5-6-10-15(4)11-8-7-9-14(2,3)12-13-15/h5-13H2,1-4H3. The van der Waals surface area contributed by atoms with E-state index < -0.39 is 0 Å². The van der Waals surface area contributed by atoms with Crippen LogP contribution in [0.1, 0.15) is 85.5 Å². The Hall–Kier alpha value is 0. The molecule has 1 saturated carbocycles. The molecule has 1 aliphatic carbocycles. The quantitative estimate of drug-likeness (QED) is 0.572. The number of rotatable bonds is 3. The summed E-state index contributed by atoms with van der Waals surface area (Å²) in [5.74, 6) is 0. The third kappa shape index (κ3) is 4.57. The lowest BCUT2D eigenvalue weighted by atomic mass is 9.69. The summed E-state index contributed by atoms with van der Waals surface area (Å²) in [6.07, 6.45) is 13.0. The van der Waals surface area contributed by atoms with Gasteiger partial charge in [-0.05, 0) is 42.9 Å². The second-order valence-electron chi connectivity index (χ2n) is 6.79. The van der Waals surface area contributed by atoms with Gasteiger partial charge < -0.3 is 0 Å². The van der Waals surface area contributed by atoms with Crippen molar-refractivity contribution in [3.63, 3.8) is 0 Å². The highest BCUT2D eigenvalue weighted by Gasteiger charge is 2.29. The molecule has 0 spiro atoms. The van der Waals surface area contributed by atoms with Crippen molar-refractivity contribution in [3.8, 4) is 0 Å². The van der Waals surface area contributed by atoms with Crippen LogP contribution < -0.4 is 0 Å². The second-order valence-corrected chi connectivity index (χ2v) is 6.79. The normalized spacial score (nSPS) is 32.0. The summed E-state index contributed by atoms with van der Waals surface area (Å²) in [5.41, 5.74) is 1.27. The number of hydrogen-bond donors (Lipinski definition) is 0. The summed E-state index contributed by atoms with van der Waals surface area (Å²) in [4.78, 5) is 0. The molecule has 90 valence electrons. The summed E-state index contributed by atoms with van der Waals surface area (Å²) in [7, 11) is 0. The van der Waals surface area contributed by atoms with E-state index in [-0.39, 0.29) is 0 Å². The molecule has 0 aromatic rings. The van der Waals surface area contributed by atoms with Crippen molar-refractivity contribution in [1.82, 2.24) is 0 Å². The molecular weight excluding hydrogens is 180 g/mol. The van der Waals surface area contributed by atoms with E-state index in [9.17, 15) is 0 Å². The first-order chi connectivity index (χ1) is 6.97. The fourth-order valence-electron chi connectivity index (χ4n) is 2.90. The first-order valence-corrected chi connectivity index (χ1v) is 6.97. The van der Waals surface area contributed by atoms with Crippen LogP contribution in [0.5, 0.6) is 0 Å². The van der Waals surface area contributed by atoms with Gasteiger partial charge in [0.05, 0.1) is 0 Å².